The highest BCUT2D eigenvalue weighted by atomic mass is 16.3. The summed E-state index contributed by atoms with van der Waals surface area (Å²) in [6, 6.07) is 82.2. The Bertz CT molecular complexity index is 3910. The van der Waals surface area contributed by atoms with Crippen LogP contribution in [0.3, 0.4) is 0 Å². The number of aromatic nitrogens is 1. The lowest BCUT2D eigenvalue weighted by molar-refractivity contribution is 0.669. The maximum absolute atomic E-state index is 6.73. The van der Waals surface area contributed by atoms with Gasteiger partial charge < -0.3 is 18.3 Å². The van der Waals surface area contributed by atoms with Crippen molar-refractivity contribution in [3.8, 4) is 39.1 Å². The van der Waals surface area contributed by atoms with Crippen molar-refractivity contribution in [1.29, 1.82) is 0 Å². The molecular formula is C60H38N2O2. The molecule has 0 aliphatic rings. The van der Waals surface area contributed by atoms with Gasteiger partial charge in [-0.25, -0.2) is 0 Å². The number of anilines is 3. The summed E-state index contributed by atoms with van der Waals surface area (Å²) >= 11 is 0. The molecule has 4 heteroatoms. The monoisotopic (exact) mass is 818 g/mol. The summed E-state index contributed by atoms with van der Waals surface area (Å²) in [5, 5.41) is 6.76. The van der Waals surface area contributed by atoms with Crippen LogP contribution < -0.4 is 4.90 Å². The van der Waals surface area contributed by atoms with Crippen molar-refractivity contribution < 1.29 is 8.83 Å². The molecule has 13 aromatic rings. The lowest BCUT2D eigenvalue weighted by Crippen LogP contribution is -2.12. The fraction of sp³-hybridized carbons (Fsp3) is 0. The molecule has 0 saturated heterocycles. The van der Waals surface area contributed by atoms with Crippen LogP contribution in [-0.2, 0) is 0 Å². The van der Waals surface area contributed by atoms with Gasteiger partial charge in [-0.15, -0.1) is 0 Å². The van der Waals surface area contributed by atoms with E-state index in [0.717, 1.165) is 116 Å². The molecular weight excluding hydrogens is 781 g/mol. The van der Waals surface area contributed by atoms with Crippen LogP contribution >= 0.6 is 0 Å². The van der Waals surface area contributed by atoms with Crippen molar-refractivity contribution >= 4 is 82.7 Å². The third-order valence-electron chi connectivity index (χ3n) is 12.8. The molecule has 0 N–H and O–H groups in total. The molecule has 3 aromatic heterocycles. The molecule has 0 fully saturated rings. The highest BCUT2D eigenvalue weighted by Crippen LogP contribution is 2.50. The summed E-state index contributed by atoms with van der Waals surface area (Å²) in [7, 11) is 0. The van der Waals surface area contributed by atoms with E-state index in [4.69, 9.17) is 8.83 Å². The van der Waals surface area contributed by atoms with E-state index in [0.29, 0.717) is 0 Å². The van der Waals surface area contributed by atoms with Crippen LogP contribution in [0.2, 0.25) is 0 Å². The van der Waals surface area contributed by atoms with Crippen molar-refractivity contribution in [2.45, 2.75) is 0 Å². The number of para-hydroxylation sites is 7. The van der Waals surface area contributed by atoms with E-state index in [-0.39, 0.29) is 0 Å². The summed E-state index contributed by atoms with van der Waals surface area (Å²) in [6.07, 6.45) is 0. The van der Waals surface area contributed by atoms with E-state index >= 15 is 0 Å². The molecule has 13 rings (SSSR count). The first kappa shape index (κ1) is 36.1. The summed E-state index contributed by atoms with van der Waals surface area (Å²) in [6.45, 7) is 0. The van der Waals surface area contributed by atoms with Gasteiger partial charge in [0.05, 0.1) is 22.4 Å². The third-order valence-corrected chi connectivity index (χ3v) is 12.8. The second kappa shape index (κ2) is 14.5. The predicted molar refractivity (Wildman–Crippen MR) is 266 cm³/mol. The van der Waals surface area contributed by atoms with Gasteiger partial charge in [0.25, 0.3) is 0 Å². The fourth-order valence-electron chi connectivity index (χ4n) is 10.0. The fourth-order valence-corrected chi connectivity index (χ4v) is 10.0. The SMILES string of the molecule is c1ccc(-c2cc(N(c3ccccc3-c3cccc4c3oc3ccccc34)c3cccc4c3c3ccccc3n4-c3ccccc3)ccc2-c2cccc3c2oc2ccccc23)cc1. The topological polar surface area (TPSA) is 34.5 Å². The number of furan rings is 2. The summed E-state index contributed by atoms with van der Waals surface area (Å²) in [5.41, 5.74) is 16.5. The van der Waals surface area contributed by atoms with Crippen LogP contribution in [0.4, 0.5) is 17.1 Å². The first-order valence-corrected chi connectivity index (χ1v) is 21.8. The Labute approximate surface area is 369 Å². The van der Waals surface area contributed by atoms with E-state index < -0.39 is 0 Å². The van der Waals surface area contributed by atoms with Gasteiger partial charge in [0, 0.05) is 60.4 Å². The lowest BCUT2D eigenvalue weighted by Gasteiger charge is -2.29. The van der Waals surface area contributed by atoms with E-state index in [1.165, 1.54) is 5.39 Å². The van der Waals surface area contributed by atoms with Crippen LogP contribution in [0, 0.1) is 0 Å². The highest BCUT2D eigenvalue weighted by molar-refractivity contribution is 6.18. The number of benzene rings is 10. The Balaban J connectivity index is 1.12. The van der Waals surface area contributed by atoms with Gasteiger partial charge in [-0.1, -0.05) is 170 Å². The minimum atomic E-state index is 0.870. The van der Waals surface area contributed by atoms with Crippen molar-refractivity contribution in [1.82, 2.24) is 4.57 Å². The zero-order chi connectivity index (χ0) is 42.1. The molecule has 0 unspecified atom stereocenters. The standard InChI is InChI=1S/C60H38N2O2/c1-3-18-39(19-4-1)51-38-41(36-37-42(51)46-26-15-28-48-44-23-9-13-34-56(44)63-59(46)48)62(52-30-11-7-22-43(52)47-27-16-29-49-45-24-10-14-35-57(45)64-60(47)49)55-33-17-32-54-58(55)50-25-8-12-31-53(50)61(54)40-20-5-2-6-21-40/h1-38H. The Morgan fingerprint density at radius 2 is 0.844 bits per heavy atom. The van der Waals surface area contributed by atoms with E-state index in [2.05, 4.69) is 228 Å². The second-order valence-corrected chi connectivity index (χ2v) is 16.4. The Morgan fingerprint density at radius 1 is 0.328 bits per heavy atom. The molecule has 0 atom stereocenters. The van der Waals surface area contributed by atoms with E-state index in [1.54, 1.807) is 0 Å². The van der Waals surface area contributed by atoms with Gasteiger partial charge in [0.1, 0.15) is 22.3 Å². The molecule has 10 aromatic carbocycles. The molecule has 3 heterocycles. The number of rotatable bonds is 7. The smallest absolute Gasteiger partial charge is 0.143 e. The summed E-state index contributed by atoms with van der Waals surface area (Å²) in [5.74, 6) is 0. The molecule has 0 bridgehead atoms. The van der Waals surface area contributed by atoms with Gasteiger partial charge in [0.15, 0.2) is 0 Å². The van der Waals surface area contributed by atoms with Crippen molar-refractivity contribution in [2.24, 2.45) is 0 Å². The van der Waals surface area contributed by atoms with Gasteiger partial charge in [0.2, 0.25) is 0 Å². The first-order chi connectivity index (χ1) is 31.8. The minimum absolute atomic E-state index is 0.870. The molecule has 0 spiro atoms. The Morgan fingerprint density at radius 3 is 1.56 bits per heavy atom. The number of nitrogens with zero attached hydrogens (tertiary/aromatic N) is 2. The largest absolute Gasteiger partial charge is 0.455 e. The highest BCUT2D eigenvalue weighted by Gasteiger charge is 2.26. The average molecular weight is 819 g/mol. The zero-order valence-electron chi connectivity index (χ0n) is 34.7. The van der Waals surface area contributed by atoms with Gasteiger partial charge in [-0.3, -0.25) is 0 Å². The first-order valence-electron chi connectivity index (χ1n) is 21.8. The Kier molecular flexibility index (Phi) is 8.18. The van der Waals surface area contributed by atoms with Gasteiger partial charge >= 0.3 is 0 Å². The van der Waals surface area contributed by atoms with Crippen LogP contribution in [0.25, 0.3) is 105 Å². The maximum Gasteiger partial charge on any atom is 0.143 e. The maximum atomic E-state index is 6.73. The molecule has 0 saturated carbocycles. The van der Waals surface area contributed by atoms with Crippen molar-refractivity contribution in [3.05, 3.63) is 231 Å². The minimum Gasteiger partial charge on any atom is -0.455 e. The van der Waals surface area contributed by atoms with Gasteiger partial charge in [-0.2, -0.15) is 0 Å². The normalized spacial score (nSPS) is 11.8. The Hall–Kier alpha value is -8.60. The van der Waals surface area contributed by atoms with Crippen LogP contribution in [0.15, 0.2) is 239 Å². The molecule has 300 valence electrons. The molecule has 0 aliphatic carbocycles. The summed E-state index contributed by atoms with van der Waals surface area (Å²) in [4.78, 5) is 2.46. The van der Waals surface area contributed by atoms with E-state index in [9.17, 15) is 0 Å². The molecule has 0 radical (unpaired) electrons. The molecule has 0 aliphatic heterocycles. The molecule has 0 amide bonds. The van der Waals surface area contributed by atoms with E-state index in [1.807, 2.05) is 12.1 Å². The lowest BCUT2D eigenvalue weighted by atomic mass is 9.92. The summed E-state index contributed by atoms with van der Waals surface area (Å²) < 4.78 is 15.8. The predicted octanol–water partition coefficient (Wildman–Crippen LogP) is 17.1. The number of hydrogen-bond donors (Lipinski definition) is 0. The van der Waals surface area contributed by atoms with Crippen LogP contribution in [0.1, 0.15) is 0 Å². The zero-order valence-corrected chi connectivity index (χ0v) is 34.7. The van der Waals surface area contributed by atoms with Crippen molar-refractivity contribution in [2.75, 3.05) is 4.90 Å². The average Bonchev–Trinajstić information content (AvgIpc) is 4.05. The third kappa shape index (κ3) is 5.56. The number of fused-ring (bicyclic) bond motifs is 9. The molecule has 4 nitrogen and oxygen atoms in total. The van der Waals surface area contributed by atoms with Gasteiger partial charge in [-0.05, 0) is 77.4 Å². The second-order valence-electron chi connectivity index (χ2n) is 16.4. The van der Waals surface area contributed by atoms with Crippen molar-refractivity contribution in [3.63, 3.8) is 0 Å². The van der Waals surface area contributed by atoms with Crippen LogP contribution in [-0.4, -0.2) is 4.57 Å². The molecule has 64 heavy (non-hydrogen) atoms. The number of hydrogen-bond acceptors (Lipinski definition) is 3. The quantitative estimate of drug-likeness (QED) is 0.161. The van der Waals surface area contributed by atoms with Crippen LogP contribution in [0.5, 0.6) is 0 Å².